The molecule has 0 aromatic heterocycles. The van der Waals surface area contributed by atoms with E-state index in [4.69, 9.17) is 0 Å². The van der Waals surface area contributed by atoms with Gasteiger partial charge in [-0.15, -0.1) is 0 Å². The van der Waals surface area contributed by atoms with Crippen molar-refractivity contribution in [2.24, 2.45) is 5.92 Å². The molecule has 3 rings (SSSR count). The van der Waals surface area contributed by atoms with Gasteiger partial charge in [0, 0.05) is 25.6 Å². The molecule has 1 atom stereocenters. The monoisotopic (exact) mass is 385 g/mol. The van der Waals surface area contributed by atoms with E-state index in [2.05, 4.69) is 17.6 Å². The van der Waals surface area contributed by atoms with Crippen LogP contribution in [0.2, 0.25) is 0 Å². The van der Waals surface area contributed by atoms with Gasteiger partial charge in [-0.25, -0.2) is 0 Å². The Morgan fingerprint density at radius 2 is 1.89 bits per heavy atom. The van der Waals surface area contributed by atoms with Crippen molar-refractivity contribution >= 4 is 23.4 Å². The molecule has 1 aromatic carbocycles. The fourth-order valence-corrected chi connectivity index (χ4v) is 4.05. The van der Waals surface area contributed by atoms with E-state index in [9.17, 15) is 14.4 Å². The lowest BCUT2D eigenvalue weighted by Gasteiger charge is -2.23. The van der Waals surface area contributed by atoms with E-state index >= 15 is 0 Å². The molecule has 0 spiro atoms. The second-order valence-electron chi connectivity index (χ2n) is 7.94. The molecule has 1 aliphatic carbocycles. The number of hydrogen-bond donors (Lipinski definition) is 2. The average molecular weight is 386 g/mol. The van der Waals surface area contributed by atoms with E-state index in [0.717, 1.165) is 38.5 Å². The van der Waals surface area contributed by atoms with Crippen LogP contribution in [0.3, 0.4) is 0 Å². The normalized spacial score (nSPS) is 20.2. The van der Waals surface area contributed by atoms with Gasteiger partial charge < -0.3 is 15.5 Å². The van der Waals surface area contributed by atoms with Gasteiger partial charge in [0.15, 0.2) is 0 Å². The lowest BCUT2D eigenvalue weighted by molar-refractivity contribution is -0.128. The number of para-hydroxylation sites is 1. The molecule has 1 heterocycles. The Kier molecular flexibility index (Phi) is 7.06. The van der Waals surface area contributed by atoms with Gasteiger partial charge in [0.25, 0.3) is 5.91 Å². The van der Waals surface area contributed by atoms with Crippen molar-refractivity contribution in [3.05, 3.63) is 29.8 Å². The molecule has 1 unspecified atom stereocenters. The summed E-state index contributed by atoms with van der Waals surface area (Å²) in [6, 6.07) is 7.31. The minimum atomic E-state index is -0.362. The molecule has 2 fully saturated rings. The molecule has 6 nitrogen and oxygen atoms in total. The first-order valence-electron chi connectivity index (χ1n) is 10.6. The van der Waals surface area contributed by atoms with E-state index in [0.29, 0.717) is 24.3 Å². The number of rotatable bonds is 7. The number of nitrogens with zero attached hydrogens (tertiary/aromatic N) is 1. The fraction of sp³-hybridized carbons (Fsp3) is 0.591. The zero-order chi connectivity index (χ0) is 19.9. The minimum absolute atomic E-state index is 0.0388. The van der Waals surface area contributed by atoms with Crippen molar-refractivity contribution in [1.82, 2.24) is 10.2 Å². The summed E-state index contributed by atoms with van der Waals surface area (Å²) >= 11 is 0. The molecule has 2 aliphatic rings. The molecular weight excluding hydrogens is 354 g/mol. The van der Waals surface area contributed by atoms with Gasteiger partial charge in [0.2, 0.25) is 11.8 Å². The first kappa shape index (κ1) is 20.4. The van der Waals surface area contributed by atoms with Crippen molar-refractivity contribution < 1.29 is 14.4 Å². The predicted octanol–water partition coefficient (Wildman–Crippen LogP) is 3.34. The number of amides is 3. The summed E-state index contributed by atoms with van der Waals surface area (Å²) < 4.78 is 0. The van der Waals surface area contributed by atoms with Crippen LogP contribution in [-0.2, 0) is 9.59 Å². The Labute approximate surface area is 167 Å². The molecule has 3 amide bonds. The predicted molar refractivity (Wildman–Crippen MR) is 109 cm³/mol. The van der Waals surface area contributed by atoms with E-state index in [1.165, 1.54) is 6.42 Å². The van der Waals surface area contributed by atoms with Gasteiger partial charge in [-0.3, -0.25) is 14.4 Å². The second-order valence-corrected chi connectivity index (χ2v) is 7.94. The molecule has 1 saturated heterocycles. The minimum Gasteiger partial charge on any atom is -0.349 e. The molecule has 2 N–H and O–H groups in total. The summed E-state index contributed by atoms with van der Waals surface area (Å²) in [5.74, 6) is -0.657. The Hall–Kier alpha value is -2.37. The zero-order valence-corrected chi connectivity index (χ0v) is 16.7. The third kappa shape index (κ3) is 5.12. The number of carbonyl (C=O) groups is 3. The molecule has 152 valence electrons. The Balaban J connectivity index is 1.62. The number of anilines is 1. The van der Waals surface area contributed by atoms with E-state index < -0.39 is 0 Å². The highest BCUT2D eigenvalue weighted by Crippen LogP contribution is 2.23. The summed E-state index contributed by atoms with van der Waals surface area (Å²) in [4.78, 5) is 39.4. The van der Waals surface area contributed by atoms with Crippen molar-refractivity contribution in [3.8, 4) is 0 Å². The third-order valence-electron chi connectivity index (χ3n) is 5.74. The third-order valence-corrected chi connectivity index (χ3v) is 5.74. The maximum Gasteiger partial charge on any atom is 0.253 e. The first-order chi connectivity index (χ1) is 13.6. The zero-order valence-electron chi connectivity index (χ0n) is 16.7. The van der Waals surface area contributed by atoms with Crippen molar-refractivity contribution in [2.75, 3.05) is 18.4 Å². The Bertz CT molecular complexity index is 713. The van der Waals surface area contributed by atoms with E-state index in [-0.39, 0.29) is 36.1 Å². The summed E-state index contributed by atoms with van der Waals surface area (Å²) in [7, 11) is 0. The highest BCUT2D eigenvalue weighted by molar-refractivity contribution is 6.05. The topological polar surface area (TPSA) is 78.5 Å². The van der Waals surface area contributed by atoms with Gasteiger partial charge >= 0.3 is 0 Å². The molecule has 6 heteroatoms. The smallest absolute Gasteiger partial charge is 0.253 e. The SMILES string of the molecule is CCCCN1CC(C(=O)Nc2ccccc2C(=O)NC2CCCCC2)CC1=O. The maximum atomic E-state index is 12.7. The lowest BCUT2D eigenvalue weighted by Crippen LogP contribution is -2.36. The summed E-state index contributed by atoms with van der Waals surface area (Å²) in [5, 5.41) is 5.99. The fourth-order valence-electron chi connectivity index (χ4n) is 4.05. The van der Waals surface area contributed by atoms with Crippen LogP contribution < -0.4 is 10.6 Å². The lowest BCUT2D eigenvalue weighted by atomic mass is 9.95. The van der Waals surface area contributed by atoms with Crippen LogP contribution in [0.1, 0.15) is 68.6 Å². The van der Waals surface area contributed by atoms with Crippen LogP contribution in [0, 0.1) is 5.92 Å². The van der Waals surface area contributed by atoms with Crippen molar-refractivity contribution in [1.29, 1.82) is 0 Å². The molecule has 0 radical (unpaired) electrons. The Morgan fingerprint density at radius 3 is 2.64 bits per heavy atom. The van der Waals surface area contributed by atoms with Crippen LogP contribution in [0.15, 0.2) is 24.3 Å². The standard InChI is InChI=1S/C22H31N3O3/c1-2-3-13-25-15-16(14-20(25)26)21(27)24-19-12-8-7-11-18(19)22(28)23-17-9-5-4-6-10-17/h7-8,11-12,16-17H,2-6,9-10,13-15H2,1H3,(H,23,28)(H,24,27). The number of unbranched alkanes of at least 4 members (excludes halogenated alkanes) is 1. The molecule has 1 saturated carbocycles. The summed E-state index contributed by atoms with van der Waals surface area (Å²) in [5.41, 5.74) is 0.994. The van der Waals surface area contributed by atoms with Crippen LogP contribution in [0.25, 0.3) is 0 Å². The molecule has 28 heavy (non-hydrogen) atoms. The largest absolute Gasteiger partial charge is 0.349 e. The van der Waals surface area contributed by atoms with Crippen LogP contribution >= 0.6 is 0 Å². The molecular formula is C22H31N3O3. The molecule has 1 aliphatic heterocycles. The number of carbonyl (C=O) groups excluding carboxylic acids is 3. The quantitative estimate of drug-likeness (QED) is 0.756. The van der Waals surface area contributed by atoms with Crippen molar-refractivity contribution in [3.63, 3.8) is 0 Å². The molecule has 0 bridgehead atoms. The van der Waals surface area contributed by atoms with Crippen LogP contribution in [0.4, 0.5) is 5.69 Å². The van der Waals surface area contributed by atoms with Crippen molar-refractivity contribution in [2.45, 2.75) is 64.3 Å². The second kappa shape index (κ2) is 9.71. The molecule has 1 aromatic rings. The number of benzene rings is 1. The van der Waals surface area contributed by atoms with Gasteiger partial charge in [0.05, 0.1) is 17.2 Å². The number of hydrogen-bond acceptors (Lipinski definition) is 3. The summed E-state index contributed by atoms with van der Waals surface area (Å²) in [6.45, 7) is 3.25. The van der Waals surface area contributed by atoms with Gasteiger partial charge in [-0.05, 0) is 31.4 Å². The van der Waals surface area contributed by atoms with E-state index in [1.807, 2.05) is 0 Å². The first-order valence-corrected chi connectivity index (χ1v) is 10.6. The highest BCUT2D eigenvalue weighted by atomic mass is 16.2. The number of nitrogens with one attached hydrogen (secondary N) is 2. The average Bonchev–Trinajstić information content (AvgIpc) is 3.08. The van der Waals surface area contributed by atoms with Gasteiger partial charge in [0.1, 0.15) is 0 Å². The van der Waals surface area contributed by atoms with Gasteiger partial charge in [-0.1, -0.05) is 44.7 Å². The van der Waals surface area contributed by atoms with Crippen LogP contribution in [0.5, 0.6) is 0 Å². The summed E-state index contributed by atoms with van der Waals surface area (Å²) in [6.07, 6.45) is 7.76. The van der Waals surface area contributed by atoms with E-state index in [1.54, 1.807) is 29.2 Å². The van der Waals surface area contributed by atoms with Gasteiger partial charge in [-0.2, -0.15) is 0 Å². The Morgan fingerprint density at radius 1 is 1.14 bits per heavy atom. The van der Waals surface area contributed by atoms with Crippen LogP contribution in [-0.4, -0.2) is 41.8 Å². The highest BCUT2D eigenvalue weighted by Gasteiger charge is 2.34. The number of likely N-dealkylation sites (tertiary alicyclic amines) is 1. The maximum absolute atomic E-state index is 12.7.